The second-order valence-electron chi connectivity index (χ2n) is 4.53. The Labute approximate surface area is 102 Å². The lowest BCUT2D eigenvalue weighted by Gasteiger charge is -2.26. The summed E-state index contributed by atoms with van der Waals surface area (Å²) in [7, 11) is 0. The summed E-state index contributed by atoms with van der Waals surface area (Å²) >= 11 is 0. The predicted octanol–water partition coefficient (Wildman–Crippen LogP) is 1.12. The van der Waals surface area contributed by atoms with Crippen LogP contribution >= 0.6 is 0 Å². The van der Waals surface area contributed by atoms with Gasteiger partial charge in [-0.3, -0.25) is 9.59 Å². The first-order valence-electron chi connectivity index (χ1n) is 6.16. The van der Waals surface area contributed by atoms with E-state index in [0.717, 1.165) is 19.4 Å². The number of hydrogen-bond donors (Lipinski definition) is 1. The lowest BCUT2D eigenvalue weighted by atomic mass is 10.1. The fraction of sp³-hybridized carbons (Fsp3) is 0.833. The molecule has 0 bridgehead atoms. The highest BCUT2D eigenvalue weighted by Crippen LogP contribution is 2.15. The molecule has 2 unspecified atom stereocenters. The van der Waals surface area contributed by atoms with E-state index in [1.807, 2.05) is 0 Å². The summed E-state index contributed by atoms with van der Waals surface area (Å²) in [5, 5.41) is 8.88. The normalized spacial score (nSPS) is 21.2. The SMILES string of the molecule is CCC(=O)N(CC1CCCO1)CC(C)C(=O)O. The summed E-state index contributed by atoms with van der Waals surface area (Å²) in [6.07, 6.45) is 2.45. The van der Waals surface area contributed by atoms with Crippen LogP contribution < -0.4 is 0 Å². The minimum atomic E-state index is -0.869. The molecule has 1 aliphatic heterocycles. The van der Waals surface area contributed by atoms with Crippen molar-refractivity contribution in [1.82, 2.24) is 4.90 Å². The molecule has 1 fully saturated rings. The van der Waals surface area contributed by atoms with E-state index < -0.39 is 11.9 Å². The average molecular weight is 243 g/mol. The van der Waals surface area contributed by atoms with Gasteiger partial charge in [0.1, 0.15) is 0 Å². The Bertz CT molecular complexity index is 274. The summed E-state index contributed by atoms with van der Waals surface area (Å²) < 4.78 is 5.48. The van der Waals surface area contributed by atoms with E-state index in [4.69, 9.17) is 9.84 Å². The number of nitrogens with zero attached hydrogens (tertiary/aromatic N) is 1. The molecule has 1 aliphatic rings. The monoisotopic (exact) mass is 243 g/mol. The van der Waals surface area contributed by atoms with Gasteiger partial charge in [0.25, 0.3) is 0 Å². The molecule has 1 N–H and O–H groups in total. The van der Waals surface area contributed by atoms with Crippen LogP contribution in [0, 0.1) is 5.92 Å². The smallest absolute Gasteiger partial charge is 0.308 e. The van der Waals surface area contributed by atoms with Crippen LogP contribution in [-0.2, 0) is 14.3 Å². The van der Waals surface area contributed by atoms with E-state index in [1.54, 1.807) is 18.7 Å². The van der Waals surface area contributed by atoms with Gasteiger partial charge in [-0.2, -0.15) is 0 Å². The van der Waals surface area contributed by atoms with Crippen molar-refractivity contribution in [2.24, 2.45) is 5.92 Å². The largest absolute Gasteiger partial charge is 0.481 e. The van der Waals surface area contributed by atoms with Crippen LogP contribution in [-0.4, -0.2) is 47.7 Å². The minimum absolute atomic E-state index is 0.00593. The number of ether oxygens (including phenoxy) is 1. The molecule has 5 heteroatoms. The Morgan fingerprint density at radius 2 is 2.24 bits per heavy atom. The van der Waals surface area contributed by atoms with Gasteiger partial charge in [0, 0.05) is 26.1 Å². The summed E-state index contributed by atoms with van der Waals surface area (Å²) in [5.41, 5.74) is 0. The van der Waals surface area contributed by atoms with Gasteiger partial charge in [-0.1, -0.05) is 13.8 Å². The van der Waals surface area contributed by atoms with Gasteiger partial charge < -0.3 is 14.7 Å². The Balaban J connectivity index is 2.53. The van der Waals surface area contributed by atoms with Crippen molar-refractivity contribution in [2.75, 3.05) is 19.7 Å². The zero-order valence-electron chi connectivity index (χ0n) is 10.5. The maximum atomic E-state index is 11.7. The molecule has 0 aromatic heterocycles. The van der Waals surface area contributed by atoms with E-state index in [-0.39, 0.29) is 18.6 Å². The zero-order valence-corrected chi connectivity index (χ0v) is 10.5. The minimum Gasteiger partial charge on any atom is -0.481 e. The standard InChI is InChI=1S/C12H21NO4/c1-3-11(14)13(7-9(2)12(15)16)8-10-5-4-6-17-10/h9-10H,3-8H2,1-2H3,(H,15,16). The highest BCUT2D eigenvalue weighted by Gasteiger charge is 2.24. The molecule has 2 atom stereocenters. The van der Waals surface area contributed by atoms with Gasteiger partial charge in [0.2, 0.25) is 5.91 Å². The van der Waals surface area contributed by atoms with Crippen molar-refractivity contribution >= 4 is 11.9 Å². The molecule has 0 aromatic rings. The highest BCUT2D eigenvalue weighted by molar-refractivity contribution is 5.77. The van der Waals surface area contributed by atoms with Crippen LogP contribution in [0.1, 0.15) is 33.1 Å². The maximum absolute atomic E-state index is 11.7. The van der Waals surface area contributed by atoms with Crippen molar-refractivity contribution in [3.8, 4) is 0 Å². The lowest BCUT2D eigenvalue weighted by Crippen LogP contribution is -2.41. The zero-order chi connectivity index (χ0) is 12.8. The van der Waals surface area contributed by atoms with Crippen molar-refractivity contribution in [3.05, 3.63) is 0 Å². The van der Waals surface area contributed by atoms with Crippen molar-refractivity contribution in [2.45, 2.75) is 39.2 Å². The van der Waals surface area contributed by atoms with Crippen LogP contribution in [0.15, 0.2) is 0 Å². The Morgan fingerprint density at radius 3 is 2.71 bits per heavy atom. The van der Waals surface area contributed by atoms with E-state index in [9.17, 15) is 9.59 Å². The first kappa shape index (κ1) is 14.0. The number of carbonyl (C=O) groups excluding carboxylic acids is 1. The molecule has 1 amide bonds. The second-order valence-corrected chi connectivity index (χ2v) is 4.53. The van der Waals surface area contributed by atoms with Crippen LogP contribution in [0.3, 0.4) is 0 Å². The molecule has 17 heavy (non-hydrogen) atoms. The van der Waals surface area contributed by atoms with Gasteiger partial charge in [0.05, 0.1) is 12.0 Å². The molecule has 5 nitrogen and oxygen atoms in total. The third kappa shape index (κ3) is 4.34. The van der Waals surface area contributed by atoms with Gasteiger partial charge >= 0.3 is 5.97 Å². The maximum Gasteiger partial charge on any atom is 0.308 e. The molecule has 1 heterocycles. The third-order valence-corrected chi connectivity index (χ3v) is 3.02. The highest BCUT2D eigenvalue weighted by atomic mass is 16.5. The Hall–Kier alpha value is -1.10. The summed E-state index contributed by atoms with van der Waals surface area (Å²) in [6, 6.07) is 0. The molecule has 0 spiro atoms. The van der Waals surface area contributed by atoms with Gasteiger partial charge in [-0.15, -0.1) is 0 Å². The van der Waals surface area contributed by atoms with E-state index >= 15 is 0 Å². The van der Waals surface area contributed by atoms with Gasteiger partial charge in [-0.25, -0.2) is 0 Å². The summed E-state index contributed by atoms with van der Waals surface area (Å²) in [4.78, 5) is 24.2. The molecule has 0 radical (unpaired) electrons. The molecular weight excluding hydrogens is 222 g/mol. The number of hydrogen-bond acceptors (Lipinski definition) is 3. The number of rotatable bonds is 6. The summed E-state index contributed by atoms with van der Waals surface area (Å²) in [6.45, 7) is 4.93. The molecule has 0 saturated carbocycles. The summed E-state index contributed by atoms with van der Waals surface area (Å²) in [5.74, 6) is -1.41. The Morgan fingerprint density at radius 1 is 1.53 bits per heavy atom. The van der Waals surface area contributed by atoms with E-state index in [0.29, 0.717) is 13.0 Å². The Kier molecular flexibility index (Phi) is 5.41. The van der Waals surface area contributed by atoms with Crippen LogP contribution in [0.25, 0.3) is 0 Å². The first-order valence-corrected chi connectivity index (χ1v) is 6.16. The van der Waals surface area contributed by atoms with Crippen molar-refractivity contribution < 1.29 is 19.4 Å². The number of aliphatic carboxylic acids is 1. The first-order chi connectivity index (χ1) is 8.04. The number of carboxylic acids is 1. The number of carbonyl (C=O) groups is 2. The average Bonchev–Trinajstić information content (AvgIpc) is 2.79. The molecule has 1 rings (SSSR count). The topological polar surface area (TPSA) is 66.8 Å². The number of amides is 1. The predicted molar refractivity (Wildman–Crippen MR) is 62.6 cm³/mol. The molecule has 0 aromatic carbocycles. The number of carboxylic acid groups (broad SMARTS) is 1. The van der Waals surface area contributed by atoms with E-state index in [1.165, 1.54) is 0 Å². The van der Waals surface area contributed by atoms with Crippen molar-refractivity contribution in [1.29, 1.82) is 0 Å². The van der Waals surface area contributed by atoms with Gasteiger partial charge in [-0.05, 0) is 12.8 Å². The molecule has 98 valence electrons. The van der Waals surface area contributed by atoms with Gasteiger partial charge in [0.15, 0.2) is 0 Å². The fourth-order valence-corrected chi connectivity index (χ4v) is 1.94. The second kappa shape index (κ2) is 6.59. The van der Waals surface area contributed by atoms with Crippen LogP contribution in [0.2, 0.25) is 0 Å². The quantitative estimate of drug-likeness (QED) is 0.759. The fourth-order valence-electron chi connectivity index (χ4n) is 1.94. The molecule has 1 saturated heterocycles. The van der Waals surface area contributed by atoms with Crippen LogP contribution in [0.4, 0.5) is 0 Å². The van der Waals surface area contributed by atoms with Crippen LogP contribution in [0.5, 0.6) is 0 Å². The third-order valence-electron chi connectivity index (χ3n) is 3.02. The lowest BCUT2D eigenvalue weighted by molar-refractivity contribution is -0.143. The van der Waals surface area contributed by atoms with E-state index in [2.05, 4.69) is 0 Å². The molecular formula is C12H21NO4. The van der Waals surface area contributed by atoms with Crippen molar-refractivity contribution in [3.63, 3.8) is 0 Å². The molecule has 0 aliphatic carbocycles.